The zero-order chi connectivity index (χ0) is 11.4. The molecule has 0 bridgehead atoms. The normalized spacial score (nSPS) is 10.0. The smallest absolute Gasteiger partial charge is 0.337 e. The minimum Gasteiger partial charge on any atom is -0.487 e. The summed E-state index contributed by atoms with van der Waals surface area (Å²) < 4.78 is 10.2. The predicted molar refractivity (Wildman–Crippen MR) is 54.2 cm³/mol. The molecule has 0 aliphatic rings. The summed E-state index contributed by atoms with van der Waals surface area (Å²) in [5.74, 6) is -0.609. The van der Waals surface area contributed by atoms with E-state index in [0.29, 0.717) is 12.4 Å². The van der Waals surface area contributed by atoms with Gasteiger partial charge in [-0.05, 0) is 12.1 Å². The molecular weight excluding hydrogens is 210 g/mol. The topological polar surface area (TPSA) is 72.6 Å². The van der Waals surface area contributed by atoms with Gasteiger partial charge in [0.05, 0.1) is 24.3 Å². The van der Waals surface area contributed by atoms with Crippen LogP contribution in [0.2, 0.25) is 0 Å². The molecule has 0 amide bonds. The highest BCUT2D eigenvalue weighted by Crippen LogP contribution is 2.13. The monoisotopic (exact) mass is 219 g/mol. The van der Waals surface area contributed by atoms with Crippen molar-refractivity contribution in [2.75, 3.05) is 0 Å². The lowest BCUT2D eigenvalue weighted by Gasteiger charge is -2.04. The third-order valence-electron chi connectivity index (χ3n) is 1.95. The van der Waals surface area contributed by atoms with Crippen LogP contribution >= 0.6 is 0 Å². The fraction of sp³-hybridized carbons (Fsp3) is 0.0909. The lowest BCUT2D eigenvalue weighted by atomic mass is 10.3. The molecule has 2 aromatic heterocycles. The number of rotatable bonds is 4. The van der Waals surface area contributed by atoms with E-state index in [1.807, 2.05) is 0 Å². The Balaban J connectivity index is 2.04. The van der Waals surface area contributed by atoms with Gasteiger partial charge in [0.2, 0.25) is 0 Å². The number of aromatic nitrogens is 1. The number of furan rings is 1. The first-order valence-electron chi connectivity index (χ1n) is 4.58. The van der Waals surface area contributed by atoms with Crippen molar-refractivity contribution in [2.45, 2.75) is 6.61 Å². The predicted octanol–water partition coefficient (Wildman–Crippen LogP) is 1.95. The van der Waals surface area contributed by atoms with Crippen LogP contribution in [0.5, 0.6) is 5.75 Å². The molecule has 0 aliphatic carbocycles. The molecule has 0 fully saturated rings. The minimum absolute atomic E-state index is 0.102. The molecule has 0 aromatic carbocycles. The van der Waals surface area contributed by atoms with E-state index in [1.54, 1.807) is 18.6 Å². The van der Waals surface area contributed by atoms with Crippen molar-refractivity contribution < 1.29 is 19.1 Å². The average molecular weight is 219 g/mol. The molecule has 2 aromatic rings. The molecule has 0 saturated heterocycles. The quantitative estimate of drug-likeness (QED) is 0.850. The van der Waals surface area contributed by atoms with Gasteiger partial charge in [-0.3, -0.25) is 4.98 Å². The fourth-order valence-corrected chi connectivity index (χ4v) is 1.16. The number of nitrogens with zero attached hydrogens (tertiary/aromatic N) is 1. The molecule has 0 unspecified atom stereocenters. The van der Waals surface area contributed by atoms with Crippen molar-refractivity contribution >= 4 is 5.97 Å². The maximum absolute atomic E-state index is 10.7. The molecule has 5 nitrogen and oxygen atoms in total. The van der Waals surface area contributed by atoms with Crippen molar-refractivity contribution in [1.82, 2.24) is 4.98 Å². The molecule has 5 heteroatoms. The van der Waals surface area contributed by atoms with Gasteiger partial charge in [-0.2, -0.15) is 0 Å². The molecule has 0 atom stereocenters. The Morgan fingerprint density at radius 1 is 1.50 bits per heavy atom. The maximum atomic E-state index is 10.7. The van der Waals surface area contributed by atoms with Crippen LogP contribution in [0.1, 0.15) is 15.9 Å². The van der Waals surface area contributed by atoms with Crippen LogP contribution in [-0.4, -0.2) is 16.1 Å². The first-order valence-corrected chi connectivity index (χ1v) is 4.58. The van der Waals surface area contributed by atoms with Crippen LogP contribution in [-0.2, 0) is 6.61 Å². The van der Waals surface area contributed by atoms with E-state index in [0.717, 1.165) is 5.56 Å². The Labute approximate surface area is 91.3 Å². The van der Waals surface area contributed by atoms with Gasteiger partial charge in [-0.15, -0.1) is 0 Å². The van der Waals surface area contributed by atoms with Gasteiger partial charge in [0.1, 0.15) is 12.4 Å². The first kappa shape index (κ1) is 10.2. The second kappa shape index (κ2) is 4.48. The van der Waals surface area contributed by atoms with Crippen LogP contribution in [0.3, 0.4) is 0 Å². The largest absolute Gasteiger partial charge is 0.487 e. The van der Waals surface area contributed by atoms with E-state index in [9.17, 15) is 4.79 Å². The molecule has 0 saturated carbocycles. The van der Waals surface area contributed by atoms with E-state index in [2.05, 4.69) is 4.98 Å². The molecule has 1 N–H and O–H groups in total. The van der Waals surface area contributed by atoms with Crippen molar-refractivity contribution in [3.05, 3.63) is 48.2 Å². The number of carbonyl (C=O) groups is 1. The molecule has 0 aliphatic heterocycles. The molecule has 0 radical (unpaired) electrons. The molecule has 2 rings (SSSR count). The van der Waals surface area contributed by atoms with E-state index in [4.69, 9.17) is 14.3 Å². The highest BCUT2D eigenvalue weighted by Gasteiger charge is 2.05. The minimum atomic E-state index is -1.03. The molecule has 16 heavy (non-hydrogen) atoms. The highest BCUT2D eigenvalue weighted by molar-refractivity contribution is 5.87. The zero-order valence-corrected chi connectivity index (χ0v) is 8.29. The summed E-state index contributed by atoms with van der Waals surface area (Å²) in [6, 6.07) is 3.20. The molecule has 82 valence electrons. The average Bonchev–Trinajstić information content (AvgIpc) is 2.79. The van der Waals surface area contributed by atoms with Crippen LogP contribution in [0.15, 0.2) is 41.5 Å². The Bertz CT molecular complexity index is 478. The van der Waals surface area contributed by atoms with Gasteiger partial charge in [0.25, 0.3) is 0 Å². The summed E-state index contributed by atoms with van der Waals surface area (Å²) in [6.07, 6.45) is 5.85. The van der Waals surface area contributed by atoms with Gasteiger partial charge in [0, 0.05) is 11.8 Å². The number of hydrogen-bond acceptors (Lipinski definition) is 4. The number of ether oxygens (including phenoxy) is 1. The summed E-state index contributed by atoms with van der Waals surface area (Å²) in [5, 5.41) is 8.75. The van der Waals surface area contributed by atoms with E-state index in [1.165, 1.54) is 18.5 Å². The van der Waals surface area contributed by atoms with Gasteiger partial charge in [-0.25, -0.2) is 4.79 Å². The Kier molecular flexibility index (Phi) is 2.86. The van der Waals surface area contributed by atoms with Crippen LogP contribution < -0.4 is 4.74 Å². The van der Waals surface area contributed by atoms with Crippen LogP contribution in [0.4, 0.5) is 0 Å². The second-order valence-corrected chi connectivity index (χ2v) is 3.13. The molecule has 0 spiro atoms. The summed E-state index contributed by atoms with van der Waals surface area (Å²) in [4.78, 5) is 14.5. The number of pyridine rings is 1. The fourth-order valence-electron chi connectivity index (χ4n) is 1.16. The van der Waals surface area contributed by atoms with Gasteiger partial charge in [0.15, 0.2) is 0 Å². The standard InChI is InChI=1S/C11H9NO4/c13-11(14)9-3-10(5-12-4-9)16-7-8-1-2-15-6-8/h1-6H,7H2,(H,13,14). The van der Waals surface area contributed by atoms with E-state index < -0.39 is 5.97 Å². The first-order chi connectivity index (χ1) is 7.75. The Hall–Kier alpha value is -2.30. The third kappa shape index (κ3) is 2.38. The van der Waals surface area contributed by atoms with Gasteiger partial charge < -0.3 is 14.3 Å². The van der Waals surface area contributed by atoms with Crippen LogP contribution in [0, 0.1) is 0 Å². The van der Waals surface area contributed by atoms with Crippen molar-refractivity contribution in [1.29, 1.82) is 0 Å². The lowest BCUT2D eigenvalue weighted by Crippen LogP contribution is -1.99. The summed E-state index contributed by atoms with van der Waals surface area (Å²) >= 11 is 0. The summed E-state index contributed by atoms with van der Waals surface area (Å²) in [6.45, 7) is 0.321. The number of carboxylic acids is 1. The van der Waals surface area contributed by atoms with Crippen molar-refractivity contribution in [3.63, 3.8) is 0 Å². The van der Waals surface area contributed by atoms with Crippen molar-refractivity contribution in [3.8, 4) is 5.75 Å². The lowest BCUT2D eigenvalue weighted by molar-refractivity contribution is 0.0696. The van der Waals surface area contributed by atoms with Crippen LogP contribution in [0.25, 0.3) is 0 Å². The third-order valence-corrected chi connectivity index (χ3v) is 1.95. The van der Waals surface area contributed by atoms with E-state index >= 15 is 0 Å². The van der Waals surface area contributed by atoms with E-state index in [-0.39, 0.29) is 5.56 Å². The van der Waals surface area contributed by atoms with Gasteiger partial charge in [-0.1, -0.05) is 0 Å². The van der Waals surface area contributed by atoms with Gasteiger partial charge >= 0.3 is 5.97 Å². The highest BCUT2D eigenvalue weighted by atomic mass is 16.5. The second-order valence-electron chi connectivity index (χ2n) is 3.13. The number of carboxylic acid groups (broad SMARTS) is 1. The SMILES string of the molecule is O=C(O)c1cncc(OCc2ccoc2)c1. The Morgan fingerprint density at radius 2 is 2.38 bits per heavy atom. The Morgan fingerprint density at radius 3 is 3.06 bits per heavy atom. The molecular formula is C11H9NO4. The zero-order valence-electron chi connectivity index (χ0n) is 8.29. The summed E-state index contributed by atoms with van der Waals surface area (Å²) in [5.41, 5.74) is 0.977. The number of hydrogen-bond donors (Lipinski definition) is 1. The maximum Gasteiger partial charge on any atom is 0.337 e. The molecule has 2 heterocycles. The summed E-state index contributed by atoms with van der Waals surface area (Å²) in [7, 11) is 0. The van der Waals surface area contributed by atoms with Crippen molar-refractivity contribution in [2.24, 2.45) is 0 Å². The number of aromatic carboxylic acids is 1.